The zero-order valence-corrected chi connectivity index (χ0v) is 14.4. The second kappa shape index (κ2) is 5.28. The lowest BCUT2D eigenvalue weighted by atomic mass is 9.52. The number of amides is 1. The van der Waals surface area contributed by atoms with Gasteiger partial charge in [-0.2, -0.15) is 0 Å². The Balaban J connectivity index is 1.27. The first-order valence-electron chi connectivity index (χ1n) is 9.46. The van der Waals surface area contributed by atoms with Crippen LogP contribution in [0.1, 0.15) is 54.7 Å². The third kappa shape index (κ3) is 2.22. The lowest BCUT2D eigenvalue weighted by molar-refractivity contribution is -0.0987. The largest absolute Gasteiger partial charge is 0.335 e. The van der Waals surface area contributed by atoms with Crippen LogP contribution in [0.5, 0.6) is 0 Å². The van der Waals surface area contributed by atoms with Crippen molar-refractivity contribution in [1.82, 2.24) is 20.1 Å². The molecule has 0 unspecified atom stereocenters. The third-order valence-electron chi connectivity index (χ3n) is 7.10. The van der Waals surface area contributed by atoms with E-state index in [1.165, 1.54) is 38.5 Å². The van der Waals surface area contributed by atoms with Gasteiger partial charge in [-0.15, -0.1) is 0 Å². The summed E-state index contributed by atoms with van der Waals surface area (Å²) in [5.74, 6) is 2.89. The van der Waals surface area contributed by atoms with Crippen molar-refractivity contribution in [3.63, 3.8) is 0 Å². The van der Waals surface area contributed by atoms with Gasteiger partial charge in [0, 0.05) is 31.7 Å². The Morgan fingerprint density at radius 2 is 1.58 bits per heavy atom. The number of carbonyl (C=O) groups is 1. The molecule has 0 atom stereocenters. The minimum atomic E-state index is -0.0288. The Hall–Kier alpha value is -1.43. The zero-order chi connectivity index (χ0) is 16.3. The van der Waals surface area contributed by atoms with E-state index in [9.17, 15) is 4.79 Å². The van der Waals surface area contributed by atoms with Crippen molar-refractivity contribution in [2.24, 2.45) is 17.8 Å². The second-order valence-electron chi connectivity index (χ2n) is 8.62. The molecule has 1 amide bonds. The van der Waals surface area contributed by atoms with Crippen molar-refractivity contribution in [2.75, 3.05) is 26.2 Å². The van der Waals surface area contributed by atoms with Gasteiger partial charge in [0.2, 0.25) is 0 Å². The second-order valence-corrected chi connectivity index (χ2v) is 8.62. The minimum absolute atomic E-state index is 0.0288. The van der Waals surface area contributed by atoms with Crippen LogP contribution in [0.3, 0.4) is 0 Å². The molecule has 5 aliphatic rings. The molecule has 6 rings (SSSR count). The van der Waals surface area contributed by atoms with E-state index in [4.69, 9.17) is 0 Å². The molecule has 1 aliphatic heterocycles. The summed E-state index contributed by atoms with van der Waals surface area (Å²) in [4.78, 5) is 17.2. The molecule has 1 saturated heterocycles. The number of aryl methyl sites for hydroxylation is 1. The number of rotatable bonds is 2. The fourth-order valence-electron chi connectivity index (χ4n) is 6.41. The number of carbonyl (C=O) groups excluding carboxylic acids is 1. The quantitative estimate of drug-likeness (QED) is 0.831. The SMILES string of the molecule is Cc1nonc1C(=O)N1CCN(C23CC4CC(CC(C4)C2)C3)CC1. The molecule has 4 aliphatic carbocycles. The molecule has 0 aromatic carbocycles. The van der Waals surface area contributed by atoms with Crippen molar-refractivity contribution in [2.45, 2.75) is 51.0 Å². The molecule has 1 aromatic heterocycles. The molecule has 4 saturated carbocycles. The van der Waals surface area contributed by atoms with Crippen LogP contribution in [0, 0.1) is 24.7 Å². The first-order chi connectivity index (χ1) is 11.6. The zero-order valence-electron chi connectivity index (χ0n) is 14.4. The van der Waals surface area contributed by atoms with Gasteiger partial charge in [-0.25, -0.2) is 4.63 Å². The fourth-order valence-corrected chi connectivity index (χ4v) is 6.41. The molecule has 2 heterocycles. The normalized spacial score (nSPS) is 38.7. The van der Waals surface area contributed by atoms with E-state index in [1.807, 2.05) is 4.90 Å². The average Bonchev–Trinajstić information content (AvgIpc) is 2.99. The summed E-state index contributed by atoms with van der Waals surface area (Å²) >= 11 is 0. The molecule has 0 spiro atoms. The number of hydrogen-bond donors (Lipinski definition) is 0. The molecular weight excluding hydrogens is 304 g/mol. The maximum atomic E-state index is 12.6. The van der Waals surface area contributed by atoms with Gasteiger partial charge in [0.15, 0.2) is 5.69 Å². The van der Waals surface area contributed by atoms with E-state index in [-0.39, 0.29) is 5.91 Å². The summed E-state index contributed by atoms with van der Waals surface area (Å²) in [5, 5.41) is 7.50. The van der Waals surface area contributed by atoms with Gasteiger partial charge in [0.25, 0.3) is 5.91 Å². The average molecular weight is 330 g/mol. The topological polar surface area (TPSA) is 62.5 Å². The Kier molecular flexibility index (Phi) is 3.27. The van der Waals surface area contributed by atoms with Crippen LogP contribution in [-0.2, 0) is 0 Å². The summed E-state index contributed by atoms with van der Waals surface area (Å²) < 4.78 is 4.69. The maximum absolute atomic E-state index is 12.6. The minimum Gasteiger partial charge on any atom is -0.335 e. The van der Waals surface area contributed by atoms with Crippen LogP contribution in [0.25, 0.3) is 0 Å². The van der Waals surface area contributed by atoms with E-state index < -0.39 is 0 Å². The predicted molar refractivity (Wildman–Crippen MR) is 87.4 cm³/mol. The molecule has 0 radical (unpaired) electrons. The first-order valence-corrected chi connectivity index (χ1v) is 9.46. The molecular formula is C18H26N4O2. The lowest BCUT2D eigenvalue weighted by Crippen LogP contribution is -2.64. The third-order valence-corrected chi connectivity index (χ3v) is 7.10. The van der Waals surface area contributed by atoms with E-state index >= 15 is 0 Å². The van der Waals surface area contributed by atoms with E-state index in [2.05, 4.69) is 19.8 Å². The standard InChI is InChI=1S/C18H26N4O2/c1-12-16(20-24-19-12)17(23)21-2-4-22(5-3-21)18-9-13-6-14(10-18)8-15(7-13)11-18/h13-15H,2-11H2,1H3. The van der Waals surface area contributed by atoms with Crippen LogP contribution >= 0.6 is 0 Å². The molecule has 0 N–H and O–H groups in total. The highest BCUT2D eigenvalue weighted by Gasteiger charge is 2.53. The molecule has 1 aromatic rings. The highest BCUT2D eigenvalue weighted by molar-refractivity contribution is 5.93. The summed E-state index contributed by atoms with van der Waals surface area (Å²) in [6.07, 6.45) is 8.65. The number of hydrogen-bond acceptors (Lipinski definition) is 5. The Labute approximate surface area is 142 Å². The van der Waals surface area contributed by atoms with Gasteiger partial charge >= 0.3 is 0 Å². The van der Waals surface area contributed by atoms with Crippen LogP contribution in [0.4, 0.5) is 0 Å². The van der Waals surface area contributed by atoms with Gasteiger partial charge in [0.05, 0.1) is 0 Å². The van der Waals surface area contributed by atoms with Crippen molar-refractivity contribution >= 4 is 5.91 Å². The molecule has 6 nitrogen and oxygen atoms in total. The van der Waals surface area contributed by atoms with E-state index in [0.29, 0.717) is 16.9 Å². The highest BCUT2D eigenvalue weighted by atomic mass is 16.6. The summed E-state index contributed by atoms with van der Waals surface area (Å²) in [6, 6.07) is 0. The molecule has 130 valence electrons. The van der Waals surface area contributed by atoms with Gasteiger partial charge in [-0.1, -0.05) is 5.16 Å². The molecule has 5 fully saturated rings. The van der Waals surface area contributed by atoms with Crippen molar-refractivity contribution in [1.29, 1.82) is 0 Å². The Bertz CT molecular complexity index is 612. The summed E-state index contributed by atoms with van der Waals surface area (Å²) in [6.45, 7) is 5.37. The fraction of sp³-hybridized carbons (Fsp3) is 0.833. The van der Waals surface area contributed by atoms with E-state index in [0.717, 1.165) is 43.9 Å². The van der Waals surface area contributed by atoms with Crippen LogP contribution in [-0.4, -0.2) is 57.7 Å². The van der Waals surface area contributed by atoms with Crippen LogP contribution in [0.15, 0.2) is 4.63 Å². The number of aromatic nitrogens is 2. The van der Waals surface area contributed by atoms with Gasteiger partial charge < -0.3 is 4.90 Å². The van der Waals surface area contributed by atoms with E-state index in [1.54, 1.807) is 6.92 Å². The maximum Gasteiger partial charge on any atom is 0.278 e. The monoisotopic (exact) mass is 330 g/mol. The lowest BCUT2D eigenvalue weighted by Gasteiger charge is -2.61. The summed E-state index contributed by atoms with van der Waals surface area (Å²) in [5.41, 5.74) is 1.41. The van der Waals surface area contributed by atoms with Crippen LogP contribution < -0.4 is 0 Å². The Morgan fingerprint density at radius 3 is 2.08 bits per heavy atom. The van der Waals surface area contributed by atoms with Crippen molar-refractivity contribution in [3.8, 4) is 0 Å². The smallest absolute Gasteiger partial charge is 0.278 e. The number of nitrogens with zero attached hydrogens (tertiary/aromatic N) is 4. The Morgan fingerprint density at radius 1 is 1.00 bits per heavy atom. The molecule has 24 heavy (non-hydrogen) atoms. The van der Waals surface area contributed by atoms with Crippen LogP contribution in [0.2, 0.25) is 0 Å². The van der Waals surface area contributed by atoms with Gasteiger partial charge in [0.1, 0.15) is 5.69 Å². The van der Waals surface area contributed by atoms with Crippen molar-refractivity contribution in [3.05, 3.63) is 11.4 Å². The van der Waals surface area contributed by atoms with Crippen molar-refractivity contribution < 1.29 is 9.42 Å². The summed E-state index contributed by atoms with van der Waals surface area (Å²) in [7, 11) is 0. The predicted octanol–water partition coefficient (Wildman–Crippen LogP) is 2.10. The highest BCUT2D eigenvalue weighted by Crippen LogP contribution is 2.57. The first kappa shape index (κ1) is 14.9. The number of piperazine rings is 1. The molecule has 6 heteroatoms. The van der Waals surface area contributed by atoms with Gasteiger partial charge in [-0.3, -0.25) is 9.69 Å². The van der Waals surface area contributed by atoms with Gasteiger partial charge in [-0.05, 0) is 68.4 Å². The molecule has 4 bridgehead atoms.